The highest BCUT2D eigenvalue weighted by Gasteiger charge is 2.46. The summed E-state index contributed by atoms with van der Waals surface area (Å²) in [6, 6.07) is 5.97. The Labute approximate surface area is 431 Å². The van der Waals surface area contributed by atoms with Crippen molar-refractivity contribution in [3.8, 4) is 11.4 Å². The molecule has 1 fully saturated rings. The molecule has 0 spiro atoms. The van der Waals surface area contributed by atoms with E-state index < -0.39 is 89.4 Å². The van der Waals surface area contributed by atoms with Crippen LogP contribution in [0.5, 0.6) is 0 Å². The number of cyclic esters (lactones) is 1. The number of pyridine rings is 2. The standard InChI is InChI=1S/C53H63FN8O13/c1-7-53(71)35-20-40-46-33(22-62(40)50(68)34(35)24-74-51(53)69)44-37(16-15-32-28(5)36(54)21-38(58-46)43(32)44)59-48(66)39-10-9-18-61(39)52(70)75-23-30-11-13-31(14-12-30)57-47(65)29(6)56-49(67)45(27(3)4)60-42(64)26-73-25-41(63)55-17-19-72-8-2/h11-14,20-21,27,29,37,39,45,71H,7-10,15-19,22-26H2,1-6H3,(H,55,63)(H,56,67)(H,57,65)(H,59,66)(H,60,64)/t29-,37-,39-,45-,53-/m1/s1. The van der Waals surface area contributed by atoms with Crippen LogP contribution in [0.25, 0.3) is 22.3 Å². The monoisotopic (exact) mass is 1040 g/mol. The maximum Gasteiger partial charge on any atom is 0.410 e. The first-order chi connectivity index (χ1) is 35.8. The Morgan fingerprint density at radius 1 is 0.947 bits per heavy atom. The van der Waals surface area contributed by atoms with Crippen LogP contribution >= 0.6 is 0 Å². The molecule has 0 unspecified atom stereocenters. The van der Waals surface area contributed by atoms with E-state index in [1.807, 2.05) is 6.92 Å². The van der Waals surface area contributed by atoms with Crippen molar-refractivity contribution in [3.63, 3.8) is 0 Å². The van der Waals surface area contributed by atoms with Crippen molar-refractivity contribution in [3.05, 3.63) is 91.5 Å². The van der Waals surface area contributed by atoms with Crippen molar-refractivity contribution < 1.29 is 62.0 Å². The summed E-state index contributed by atoms with van der Waals surface area (Å²) in [5.74, 6) is -4.22. The summed E-state index contributed by atoms with van der Waals surface area (Å²) in [7, 11) is 0. The van der Waals surface area contributed by atoms with Crippen molar-refractivity contribution in [1.82, 2.24) is 35.7 Å². The van der Waals surface area contributed by atoms with Crippen LogP contribution in [-0.4, -0.2) is 119 Å². The number of rotatable bonds is 19. The molecule has 1 aliphatic carbocycles. The molecule has 1 saturated heterocycles. The molecule has 5 atom stereocenters. The number of amides is 6. The predicted octanol–water partition coefficient (Wildman–Crippen LogP) is 3.19. The van der Waals surface area contributed by atoms with Crippen LogP contribution in [0, 0.1) is 18.7 Å². The predicted molar refractivity (Wildman–Crippen MR) is 268 cm³/mol. The zero-order valence-corrected chi connectivity index (χ0v) is 42.8. The number of esters is 1. The smallest absolute Gasteiger partial charge is 0.410 e. The maximum absolute atomic E-state index is 15.5. The van der Waals surface area contributed by atoms with E-state index in [1.165, 1.54) is 22.5 Å². The second-order valence-electron chi connectivity index (χ2n) is 19.6. The summed E-state index contributed by atoms with van der Waals surface area (Å²) in [4.78, 5) is 112. The molecule has 22 heteroatoms. The van der Waals surface area contributed by atoms with E-state index in [2.05, 4.69) is 26.6 Å². The number of nitrogens with one attached hydrogen (secondary N) is 5. The normalized spacial score (nSPS) is 19.1. The highest BCUT2D eigenvalue weighted by atomic mass is 19.1. The first-order valence-electron chi connectivity index (χ1n) is 25.3. The SMILES string of the molecule is CCOCCNC(=O)COCC(=O)N[C@@H](C(=O)N[C@H](C)C(=O)Nc1ccc(COC(=O)N2CCC[C@@H]2C(=O)N[C@@H]2CCc3c(C)c(F)cc4nc5c(c2c34)Cn2c-5cc3c(c2=O)COC(=O)[C@@]3(O)CC)cc1)C(C)C. The number of carbonyl (C=O) groups is 7. The molecule has 4 aromatic rings. The summed E-state index contributed by atoms with van der Waals surface area (Å²) in [5, 5.41) is 25.8. The number of fused-ring (bicyclic) bond motifs is 5. The Morgan fingerprint density at radius 3 is 2.41 bits per heavy atom. The summed E-state index contributed by atoms with van der Waals surface area (Å²) < 4.78 is 38.3. The van der Waals surface area contributed by atoms with Gasteiger partial charge in [0.1, 0.15) is 50.4 Å². The summed E-state index contributed by atoms with van der Waals surface area (Å²) in [6.45, 7) is 10.3. The van der Waals surface area contributed by atoms with Gasteiger partial charge in [-0.2, -0.15) is 0 Å². The van der Waals surface area contributed by atoms with Crippen molar-refractivity contribution in [2.24, 2.45) is 5.92 Å². The molecule has 0 bridgehead atoms. The van der Waals surface area contributed by atoms with Crippen LogP contribution in [0.15, 0.2) is 41.2 Å². The molecule has 2 aromatic heterocycles. The third kappa shape index (κ3) is 11.1. The Kier molecular flexibility index (Phi) is 16.3. The van der Waals surface area contributed by atoms with Gasteiger partial charge in [0.25, 0.3) is 5.56 Å². The van der Waals surface area contributed by atoms with Crippen molar-refractivity contribution in [2.75, 3.05) is 44.8 Å². The number of anilines is 1. The fraction of sp³-hybridized carbons (Fsp3) is 0.491. The number of ether oxygens (including phenoxy) is 4. The van der Waals surface area contributed by atoms with Gasteiger partial charge in [-0.25, -0.2) is 19.0 Å². The largest absolute Gasteiger partial charge is 0.458 e. The lowest BCUT2D eigenvalue weighted by atomic mass is 9.81. The van der Waals surface area contributed by atoms with Crippen LogP contribution in [0.4, 0.5) is 14.9 Å². The summed E-state index contributed by atoms with van der Waals surface area (Å²) in [5.41, 5.74) is 2.41. The van der Waals surface area contributed by atoms with E-state index in [-0.39, 0.29) is 56.4 Å². The lowest BCUT2D eigenvalue weighted by Gasteiger charge is -2.32. The molecule has 5 heterocycles. The van der Waals surface area contributed by atoms with Crippen molar-refractivity contribution in [2.45, 2.75) is 123 Å². The molecule has 6 amide bonds. The van der Waals surface area contributed by atoms with Crippen molar-refractivity contribution in [1.29, 1.82) is 0 Å². The van der Waals surface area contributed by atoms with Gasteiger partial charge in [0.05, 0.1) is 41.7 Å². The fourth-order valence-corrected chi connectivity index (χ4v) is 10.2. The minimum atomic E-state index is -2.04. The number of likely N-dealkylation sites (tertiary alicyclic amines) is 1. The van der Waals surface area contributed by atoms with E-state index in [9.17, 15) is 43.5 Å². The maximum atomic E-state index is 15.5. The lowest BCUT2D eigenvalue weighted by molar-refractivity contribution is -0.172. The molecule has 6 N–H and O–H groups in total. The van der Waals surface area contributed by atoms with Crippen LogP contribution in [0.3, 0.4) is 0 Å². The summed E-state index contributed by atoms with van der Waals surface area (Å²) in [6.07, 6.45) is 0.999. The molecule has 8 rings (SSSR count). The average Bonchev–Trinajstić information content (AvgIpc) is 4.08. The van der Waals surface area contributed by atoms with E-state index in [1.54, 1.807) is 58.0 Å². The van der Waals surface area contributed by atoms with Gasteiger partial charge in [-0.3, -0.25) is 33.7 Å². The summed E-state index contributed by atoms with van der Waals surface area (Å²) >= 11 is 0. The molecular weight excluding hydrogens is 976 g/mol. The van der Waals surface area contributed by atoms with Gasteiger partial charge >= 0.3 is 12.1 Å². The topological polar surface area (TPSA) is 275 Å². The number of aliphatic hydroxyl groups is 1. The number of hydrogen-bond acceptors (Lipinski definition) is 14. The third-order valence-electron chi connectivity index (χ3n) is 14.3. The Balaban J connectivity index is 0.869. The molecule has 4 aliphatic rings. The number of aromatic nitrogens is 2. The molecular formula is C53H63FN8O13. The number of halogens is 1. The minimum absolute atomic E-state index is 0.0372. The van der Waals surface area contributed by atoms with Crippen LogP contribution < -0.4 is 32.1 Å². The number of nitrogens with zero attached hydrogens (tertiary/aromatic N) is 3. The van der Waals surface area contributed by atoms with Gasteiger partial charge in [0, 0.05) is 48.0 Å². The Bertz CT molecular complexity index is 3000. The van der Waals surface area contributed by atoms with Crippen LogP contribution in [0.2, 0.25) is 0 Å². The minimum Gasteiger partial charge on any atom is -0.458 e. The van der Waals surface area contributed by atoms with E-state index in [4.69, 9.17) is 23.9 Å². The molecule has 0 radical (unpaired) electrons. The Morgan fingerprint density at radius 2 is 1.69 bits per heavy atom. The van der Waals surface area contributed by atoms with E-state index >= 15 is 4.39 Å². The highest BCUT2D eigenvalue weighted by Crippen LogP contribution is 2.46. The van der Waals surface area contributed by atoms with Crippen molar-refractivity contribution >= 4 is 58.2 Å². The zero-order chi connectivity index (χ0) is 53.9. The average molecular weight is 1040 g/mol. The fourth-order valence-electron chi connectivity index (χ4n) is 10.2. The van der Waals surface area contributed by atoms with E-state index in [0.29, 0.717) is 95.7 Å². The number of hydrogen-bond donors (Lipinski definition) is 6. The number of aryl methyl sites for hydroxylation is 1. The van der Waals surface area contributed by atoms with Gasteiger partial charge < -0.3 is 55.2 Å². The van der Waals surface area contributed by atoms with Gasteiger partial charge in [-0.05, 0) is 99.2 Å². The quantitative estimate of drug-likeness (QED) is 0.0513. The van der Waals surface area contributed by atoms with E-state index in [0.717, 1.165) is 5.56 Å². The number of benzene rings is 2. The van der Waals surface area contributed by atoms with Crippen LogP contribution in [-0.2, 0) is 79.5 Å². The highest BCUT2D eigenvalue weighted by molar-refractivity contribution is 5.98. The molecule has 0 saturated carbocycles. The second kappa shape index (κ2) is 22.7. The van der Waals surface area contributed by atoms with Gasteiger partial charge in [-0.1, -0.05) is 32.9 Å². The second-order valence-corrected chi connectivity index (χ2v) is 19.6. The van der Waals surface area contributed by atoms with Gasteiger partial charge in [0.2, 0.25) is 29.5 Å². The molecule has 2 aromatic carbocycles. The number of carbonyl (C=O) groups excluding carboxylic acids is 7. The van der Waals surface area contributed by atoms with Gasteiger partial charge in [0.15, 0.2) is 5.60 Å². The first kappa shape index (κ1) is 54.0. The van der Waals surface area contributed by atoms with Crippen LogP contribution in [0.1, 0.15) is 105 Å². The zero-order valence-electron chi connectivity index (χ0n) is 42.8. The molecule has 400 valence electrons. The molecule has 3 aliphatic heterocycles. The Hall–Kier alpha value is -7.30. The molecule has 21 nitrogen and oxygen atoms in total. The molecule has 75 heavy (non-hydrogen) atoms. The third-order valence-corrected chi connectivity index (χ3v) is 14.3. The first-order valence-corrected chi connectivity index (χ1v) is 25.3. The lowest BCUT2D eigenvalue weighted by Crippen LogP contribution is -2.54. The van der Waals surface area contributed by atoms with Gasteiger partial charge in [-0.15, -0.1) is 0 Å².